The number of amides is 1. The molecule has 1 heterocycles. The Balaban J connectivity index is 1.94. The Morgan fingerprint density at radius 2 is 1.84 bits per heavy atom. The largest absolute Gasteiger partial charge is 0.497 e. The van der Waals surface area contributed by atoms with Gasteiger partial charge in [-0.2, -0.15) is 0 Å². The molecule has 0 bridgehead atoms. The van der Waals surface area contributed by atoms with Gasteiger partial charge in [0.15, 0.2) is 0 Å². The van der Waals surface area contributed by atoms with Gasteiger partial charge in [0.05, 0.1) is 14.2 Å². The molecule has 0 radical (unpaired) electrons. The van der Waals surface area contributed by atoms with Crippen LogP contribution in [-0.2, 0) is 0 Å². The van der Waals surface area contributed by atoms with Crippen molar-refractivity contribution >= 4 is 22.6 Å². The van der Waals surface area contributed by atoms with E-state index in [4.69, 9.17) is 13.9 Å². The minimum Gasteiger partial charge on any atom is -0.497 e. The third-order valence-electron chi connectivity index (χ3n) is 3.85. The second kappa shape index (κ2) is 6.68. The molecule has 0 atom stereocenters. The molecule has 1 N–H and O–H groups in total. The monoisotopic (exact) mass is 339 g/mol. The molecule has 0 aliphatic rings. The molecule has 6 heteroatoms. The normalized spacial score (nSPS) is 10.5. The summed E-state index contributed by atoms with van der Waals surface area (Å²) in [6, 6.07) is 11.8. The molecule has 128 valence electrons. The lowest BCUT2D eigenvalue weighted by atomic mass is 10.1. The SMILES string of the molecule is COc1ccc2cc(C(=O)Nc3ccc(C)c(OC)c3)c(=O)oc2c1. The predicted octanol–water partition coefficient (Wildman–Crippen LogP) is 3.37. The summed E-state index contributed by atoms with van der Waals surface area (Å²) < 4.78 is 15.6. The average Bonchev–Trinajstić information content (AvgIpc) is 2.62. The van der Waals surface area contributed by atoms with Crippen LogP contribution in [0.25, 0.3) is 11.0 Å². The molecular formula is C19H17NO5. The van der Waals surface area contributed by atoms with Crippen molar-refractivity contribution in [2.24, 2.45) is 0 Å². The van der Waals surface area contributed by atoms with Crippen LogP contribution in [0.15, 0.2) is 51.7 Å². The van der Waals surface area contributed by atoms with Crippen molar-refractivity contribution in [3.63, 3.8) is 0 Å². The molecule has 0 saturated heterocycles. The maximum atomic E-state index is 12.4. The minimum absolute atomic E-state index is 0.0720. The zero-order chi connectivity index (χ0) is 18.0. The number of methoxy groups -OCH3 is 2. The van der Waals surface area contributed by atoms with Gasteiger partial charge in [-0.05, 0) is 36.8 Å². The van der Waals surface area contributed by atoms with Crippen molar-refractivity contribution in [2.75, 3.05) is 19.5 Å². The third-order valence-corrected chi connectivity index (χ3v) is 3.85. The summed E-state index contributed by atoms with van der Waals surface area (Å²) in [5, 5.41) is 3.32. The molecule has 3 aromatic rings. The highest BCUT2D eigenvalue weighted by molar-refractivity contribution is 6.05. The molecule has 3 rings (SSSR count). The van der Waals surface area contributed by atoms with Gasteiger partial charge in [-0.3, -0.25) is 4.79 Å². The number of benzene rings is 2. The molecule has 0 fully saturated rings. The van der Waals surface area contributed by atoms with Crippen LogP contribution in [0.3, 0.4) is 0 Å². The van der Waals surface area contributed by atoms with Gasteiger partial charge in [0.2, 0.25) is 0 Å². The molecule has 0 unspecified atom stereocenters. The Morgan fingerprint density at radius 1 is 1.04 bits per heavy atom. The van der Waals surface area contributed by atoms with E-state index in [0.717, 1.165) is 5.56 Å². The number of ether oxygens (including phenoxy) is 2. The van der Waals surface area contributed by atoms with Crippen LogP contribution in [0, 0.1) is 6.92 Å². The van der Waals surface area contributed by atoms with Gasteiger partial charge < -0.3 is 19.2 Å². The number of fused-ring (bicyclic) bond motifs is 1. The molecule has 1 aromatic heterocycles. The third kappa shape index (κ3) is 3.33. The molecule has 0 aliphatic carbocycles. The topological polar surface area (TPSA) is 77.8 Å². The minimum atomic E-state index is -0.711. The smallest absolute Gasteiger partial charge is 0.349 e. The Bertz CT molecular complexity index is 1010. The molecule has 0 saturated carbocycles. The summed E-state index contributed by atoms with van der Waals surface area (Å²) >= 11 is 0. The van der Waals surface area contributed by atoms with Gasteiger partial charge in [-0.15, -0.1) is 0 Å². The Labute approximate surface area is 144 Å². The van der Waals surface area contributed by atoms with E-state index in [0.29, 0.717) is 28.2 Å². The summed E-state index contributed by atoms with van der Waals surface area (Å²) in [7, 11) is 3.08. The molecule has 6 nitrogen and oxygen atoms in total. The zero-order valence-corrected chi connectivity index (χ0v) is 14.1. The maximum Gasteiger partial charge on any atom is 0.349 e. The lowest BCUT2D eigenvalue weighted by molar-refractivity contribution is 0.102. The van der Waals surface area contributed by atoms with Crippen LogP contribution in [0.2, 0.25) is 0 Å². The van der Waals surface area contributed by atoms with Crippen LogP contribution < -0.4 is 20.4 Å². The Morgan fingerprint density at radius 3 is 2.56 bits per heavy atom. The van der Waals surface area contributed by atoms with Gasteiger partial charge in [0.1, 0.15) is 22.6 Å². The van der Waals surface area contributed by atoms with Crippen LogP contribution in [0.1, 0.15) is 15.9 Å². The summed E-state index contributed by atoms with van der Waals surface area (Å²) in [4.78, 5) is 24.6. The lowest BCUT2D eigenvalue weighted by Crippen LogP contribution is -2.20. The fourth-order valence-electron chi connectivity index (χ4n) is 2.47. The number of carbonyl (C=O) groups is 1. The number of hydrogen-bond donors (Lipinski definition) is 1. The van der Waals surface area contributed by atoms with E-state index in [2.05, 4.69) is 5.32 Å². The van der Waals surface area contributed by atoms with Crippen molar-refractivity contribution in [1.29, 1.82) is 0 Å². The van der Waals surface area contributed by atoms with Crippen molar-refractivity contribution in [2.45, 2.75) is 6.92 Å². The van der Waals surface area contributed by atoms with Crippen LogP contribution in [0.5, 0.6) is 11.5 Å². The van der Waals surface area contributed by atoms with Crippen molar-refractivity contribution in [3.8, 4) is 11.5 Å². The van der Waals surface area contributed by atoms with Crippen LogP contribution in [0.4, 0.5) is 5.69 Å². The van der Waals surface area contributed by atoms with Crippen LogP contribution >= 0.6 is 0 Å². The van der Waals surface area contributed by atoms with Gasteiger partial charge in [0.25, 0.3) is 5.91 Å². The molecule has 0 spiro atoms. The highest BCUT2D eigenvalue weighted by Gasteiger charge is 2.15. The number of anilines is 1. The van der Waals surface area contributed by atoms with Gasteiger partial charge in [-0.1, -0.05) is 6.07 Å². The standard InChI is InChI=1S/C19H17NO5/c1-11-4-6-13(9-16(11)24-3)20-18(21)15-8-12-5-7-14(23-2)10-17(12)25-19(15)22/h4-10H,1-3H3,(H,20,21). The fourth-order valence-corrected chi connectivity index (χ4v) is 2.47. The highest BCUT2D eigenvalue weighted by Crippen LogP contribution is 2.23. The first-order chi connectivity index (χ1) is 12.0. The van der Waals surface area contributed by atoms with Gasteiger partial charge in [0, 0.05) is 23.2 Å². The van der Waals surface area contributed by atoms with E-state index in [9.17, 15) is 9.59 Å². The van der Waals surface area contributed by atoms with E-state index < -0.39 is 11.5 Å². The second-order valence-electron chi connectivity index (χ2n) is 5.49. The number of rotatable bonds is 4. The highest BCUT2D eigenvalue weighted by atomic mass is 16.5. The average molecular weight is 339 g/mol. The van der Waals surface area contributed by atoms with E-state index in [1.165, 1.54) is 13.2 Å². The molecular weight excluding hydrogens is 322 g/mol. The van der Waals surface area contributed by atoms with E-state index in [-0.39, 0.29) is 5.56 Å². The number of aryl methyl sites for hydroxylation is 1. The Hall–Kier alpha value is -3.28. The van der Waals surface area contributed by atoms with Crippen molar-refractivity contribution in [1.82, 2.24) is 0 Å². The molecule has 25 heavy (non-hydrogen) atoms. The summed E-state index contributed by atoms with van der Waals surface area (Å²) in [6.45, 7) is 1.90. The summed E-state index contributed by atoms with van der Waals surface area (Å²) in [5.74, 6) is 0.674. The number of carbonyl (C=O) groups excluding carboxylic acids is 1. The Kier molecular flexibility index (Phi) is 4.43. The first-order valence-electron chi connectivity index (χ1n) is 7.59. The first kappa shape index (κ1) is 16.6. The zero-order valence-electron chi connectivity index (χ0n) is 14.1. The predicted molar refractivity (Wildman–Crippen MR) is 94.7 cm³/mol. The van der Waals surface area contributed by atoms with E-state index >= 15 is 0 Å². The fraction of sp³-hybridized carbons (Fsp3) is 0.158. The van der Waals surface area contributed by atoms with Crippen molar-refractivity contribution < 1.29 is 18.7 Å². The molecule has 1 amide bonds. The van der Waals surface area contributed by atoms with Gasteiger partial charge in [-0.25, -0.2) is 4.79 Å². The number of nitrogens with one attached hydrogen (secondary N) is 1. The van der Waals surface area contributed by atoms with Crippen molar-refractivity contribution in [3.05, 3.63) is 64.0 Å². The van der Waals surface area contributed by atoms with Gasteiger partial charge >= 0.3 is 5.63 Å². The summed E-state index contributed by atoms with van der Waals surface area (Å²) in [6.07, 6.45) is 0. The summed E-state index contributed by atoms with van der Waals surface area (Å²) in [5.41, 5.74) is 1.05. The van der Waals surface area contributed by atoms with Crippen LogP contribution in [-0.4, -0.2) is 20.1 Å². The molecule has 2 aromatic carbocycles. The van der Waals surface area contributed by atoms with E-state index in [1.54, 1.807) is 37.4 Å². The molecule has 0 aliphatic heterocycles. The first-order valence-corrected chi connectivity index (χ1v) is 7.59. The number of hydrogen-bond acceptors (Lipinski definition) is 5. The maximum absolute atomic E-state index is 12.4. The van der Waals surface area contributed by atoms with E-state index in [1.807, 2.05) is 13.0 Å². The second-order valence-corrected chi connectivity index (χ2v) is 5.49. The quantitative estimate of drug-likeness (QED) is 0.737. The lowest BCUT2D eigenvalue weighted by Gasteiger charge is -2.09.